The van der Waals surface area contributed by atoms with Crippen molar-refractivity contribution < 1.29 is 0 Å². The monoisotopic (exact) mass is 230 g/mol. The number of rotatable bonds is 1. The van der Waals surface area contributed by atoms with E-state index >= 15 is 0 Å². The molecule has 88 valence electrons. The fourth-order valence-electron chi connectivity index (χ4n) is 2.40. The number of fused-ring (bicyclic) bond motifs is 1. The highest BCUT2D eigenvalue weighted by molar-refractivity contribution is 5.57. The molecular weight excluding hydrogens is 216 g/mol. The van der Waals surface area contributed by atoms with E-state index in [0.717, 1.165) is 41.8 Å². The first-order chi connectivity index (χ1) is 8.15. The number of nitrogens with zero attached hydrogens (tertiary/aromatic N) is 3. The third kappa shape index (κ3) is 1.58. The highest BCUT2D eigenvalue weighted by atomic mass is 16.1. The Hall–Kier alpha value is -1.91. The molecule has 0 radical (unpaired) electrons. The number of hydrogen-bond donors (Lipinski definition) is 1. The molecule has 3 rings (SSSR count). The van der Waals surface area contributed by atoms with Crippen LogP contribution in [0, 0.1) is 6.92 Å². The summed E-state index contributed by atoms with van der Waals surface area (Å²) in [4.78, 5) is 19.3. The Morgan fingerprint density at radius 1 is 1.41 bits per heavy atom. The Balaban J connectivity index is 2.20. The van der Waals surface area contributed by atoms with Crippen LogP contribution in [0.15, 0.2) is 11.0 Å². The lowest BCUT2D eigenvalue weighted by atomic mass is 10.2. The molecule has 1 aliphatic carbocycles. The summed E-state index contributed by atoms with van der Waals surface area (Å²) in [5.74, 6) is 0.640. The van der Waals surface area contributed by atoms with Gasteiger partial charge in [0.2, 0.25) is 0 Å². The molecule has 0 aromatic carbocycles. The SMILES string of the molecule is Cc1nn(C)cc1-c1nc2c(c(=O)[nH]1)CCC2. The molecule has 2 aromatic heterocycles. The van der Waals surface area contributed by atoms with Crippen molar-refractivity contribution in [1.29, 1.82) is 0 Å². The molecule has 5 nitrogen and oxygen atoms in total. The topological polar surface area (TPSA) is 63.6 Å². The number of aromatic amines is 1. The summed E-state index contributed by atoms with van der Waals surface area (Å²) in [5, 5.41) is 4.27. The zero-order valence-corrected chi connectivity index (χ0v) is 9.95. The van der Waals surface area contributed by atoms with Crippen LogP contribution in [0.25, 0.3) is 11.4 Å². The van der Waals surface area contributed by atoms with Gasteiger partial charge in [-0.25, -0.2) is 4.98 Å². The molecule has 0 fully saturated rings. The van der Waals surface area contributed by atoms with E-state index in [1.54, 1.807) is 4.68 Å². The van der Waals surface area contributed by atoms with Crippen molar-refractivity contribution in [2.24, 2.45) is 7.05 Å². The maximum absolute atomic E-state index is 11.9. The molecular formula is C12H14N4O. The summed E-state index contributed by atoms with van der Waals surface area (Å²) >= 11 is 0. The van der Waals surface area contributed by atoms with Crippen molar-refractivity contribution in [3.8, 4) is 11.4 Å². The summed E-state index contributed by atoms with van der Waals surface area (Å²) in [6, 6.07) is 0. The molecule has 0 spiro atoms. The summed E-state index contributed by atoms with van der Waals surface area (Å²) in [7, 11) is 1.86. The minimum absolute atomic E-state index is 0.00533. The van der Waals surface area contributed by atoms with Gasteiger partial charge in [0.1, 0.15) is 5.82 Å². The first-order valence-corrected chi connectivity index (χ1v) is 5.78. The normalized spacial score (nSPS) is 14.0. The van der Waals surface area contributed by atoms with Gasteiger partial charge in [0.05, 0.1) is 17.0 Å². The quantitative estimate of drug-likeness (QED) is 0.794. The molecule has 2 aromatic rings. The number of hydrogen-bond acceptors (Lipinski definition) is 3. The predicted octanol–water partition coefficient (Wildman–Crippen LogP) is 0.968. The van der Waals surface area contributed by atoms with E-state index in [9.17, 15) is 4.79 Å². The Bertz CT molecular complexity index is 638. The van der Waals surface area contributed by atoms with Crippen molar-refractivity contribution in [3.05, 3.63) is 33.5 Å². The predicted molar refractivity (Wildman–Crippen MR) is 63.8 cm³/mol. The van der Waals surface area contributed by atoms with Crippen LogP contribution in [0.1, 0.15) is 23.4 Å². The van der Waals surface area contributed by atoms with E-state index in [-0.39, 0.29) is 5.56 Å². The van der Waals surface area contributed by atoms with Crippen LogP contribution < -0.4 is 5.56 Å². The van der Waals surface area contributed by atoms with Gasteiger partial charge in [-0.3, -0.25) is 9.48 Å². The van der Waals surface area contributed by atoms with E-state index in [0.29, 0.717) is 5.82 Å². The zero-order valence-electron chi connectivity index (χ0n) is 9.95. The van der Waals surface area contributed by atoms with Gasteiger partial charge in [-0.05, 0) is 26.2 Å². The Morgan fingerprint density at radius 2 is 2.24 bits per heavy atom. The number of H-pyrrole nitrogens is 1. The molecule has 0 aliphatic heterocycles. The van der Waals surface area contributed by atoms with Gasteiger partial charge < -0.3 is 4.98 Å². The maximum atomic E-state index is 11.9. The molecule has 0 bridgehead atoms. The van der Waals surface area contributed by atoms with E-state index in [4.69, 9.17) is 0 Å². The summed E-state index contributed by atoms with van der Waals surface area (Å²) in [5.41, 5.74) is 3.60. The Labute approximate surface area is 98.5 Å². The van der Waals surface area contributed by atoms with Crippen LogP contribution in [0.4, 0.5) is 0 Å². The molecule has 0 saturated heterocycles. The first-order valence-electron chi connectivity index (χ1n) is 5.78. The van der Waals surface area contributed by atoms with Crippen LogP contribution in [0.2, 0.25) is 0 Å². The minimum atomic E-state index is 0.00533. The van der Waals surface area contributed by atoms with Crippen LogP contribution in [-0.2, 0) is 19.9 Å². The van der Waals surface area contributed by atoms with Gasteiger partial charge >= 0.3 is 0 Å². The van der Waals surface area contributed by atoms with Crippen molar-refractivity contribution in [2.45, 2.75) is 26.2 Å². The highest BCUT2D eigenvalue weighted by Gasteiger charge is 2.18. The number of nitrogens with one attached hydrogen (secondary N) is 1. The first kappa shape index (κ1) is 10.3. The van der Waals surface area contributed by atoms with Crippen molar-refractivity contribution in [2.75, 3.05) is 0 Å². The summed E-state index contributed by atoms with van der Waals surface area (Å²) in [6.07, 6.45) is 4.67. The zero-order chi connectivity index (χ0) is 12.0. The Morgan fingerprint density at radius 3 is 2.94 bits per heavy atom. The summed E-state index contributed by atoms with van der Waals surface area (Å²) < 4.78 is 1.73. The van der Waals surface area contributed by atoms with Crippen LogP contribution in [-0.4, -0.2) is 19.7 Å². The van der Waals surface area contributed by atoms with Crippen LogP contribution in [0.5, 0.6) is 0 Å². The van der Waals surface area contributed by atoms with E-state index in [2.05, 4.69) is 15.1 Å². The molecule has 2 heterocycles. The molecule has 0 atom stereocenters. The number of aryl methyl sites for hydroxylation is 3. The van der Waals surface area contributed by atoms with E-state index in [1.165, 1.54) is 0 Å². The molecule has 0 amide bonds. The van der Waals surface area contributed by atoms with Gasteiger partial charge in [-0.15, -0.1) is 0 Å². The lowest BCUT2D eigenvalue weighted by Crippen LogP contribution is -2.15. The summed E-state index contributed by atoms with van der Waals surface area (Å²) in [6.45, 7) is 1.92. The largest absolute Gasteiger partial charge is 0.306 e. The number of aromatic nitrogens is 4. The van der Waals surface area contributed by atoms with Crippen molar-refractivity contribution in [3.63, 3.8) is 0 Å². The molecule has 17 heavy (non-hydrogen) atoms. The molecule has 0 saturated carbocycles. The van der Waals surface area contributed by atoms with Gasteiger partial charge in [0.15, 0.2) is 0 Å². The van der Waals surface area contributed by atoms with Crippen molar-refractivity contribution in [1.82, 2.24) is 19.7 Å². The molecule has 0 unspecified atom stereocenters. The third-order valence-corrected chi connectivity index (χ3v) is 3.21. The highest BCUT2D eigenvalue weighted by Crippen LogP contribution is 2.21. The van der Waals surface area contributed by atoms with E-state index in [1.807, 2.05) is 20.2 Å². The third-order valence-electron chi connectivity index (χ3n) is 3.21. The Kier molecular flexibility index (Phi) is 2.14. The van der Waals surface area contributed by atoms with Gasteiger partial charge in [-0.1, -0.05) is 0 Å². The average Bonchev–Trinajstić information content (AvgIpc) is 2.84. The standard InChI is InChI=1S/C12H14N4O/c1-7-9(6-16(2)15-7)11-13-10-5-3-4-8(10)12(17)14-11/h6H,3-5H2,1-2H3,(H,13,14,17). The van der Waals surface area contributed by atoms with Crippen LogP contribution >= 0.6 is 0 Å². The fraction of sp³-hybridized carbons (Fsp3) is 0.417. The molecule has 5 heteroatoms. The smallest absolute Gasteiger partial charge is 0.254 e. The van der Waals surface area contributed by atoms with Crippen LogP contribution in [0.3, 0.4) is 0 Å². The minimum Gasteiger partial charge on any atom is -0.306 e. The fourth-order valence-corrected chi connectivity index (χ4v) is 2.40. The lowest BCUT2D eigenvalue weighted by molar-refractivity contribution is 0.756. The van der Waals surface area contributed by atoms with Gasteiger partial charge in [0, 0.05) is 18.8 Å². The average molecular weight is 230 g/mol. The second-order valence-electron chi connectivity index (χ2n) is 4.50. The second-order valence-corrected chi connectivity index (χ2v) is 4.50. The van der Waals surface area contributed by atoms with Gasteiger partial charge in [-0.2, -0.15) is 5.10 Å². The van der Waals surface area contributed by atoms with Crippen molar-refractivity contribution >= 4 is 0 Å². The maximum Gasteiger partial charge on any atom is 0.254 e. The lowest BCUT2D eigenvalue weighted by Gasteiger charge is -2.02. The van der Waals surface area contributed by atoms with E-state index < -0.39 is 0 Å². The molecule has 1 N–H and O–H groups in total. The molecule has 1 aliphatic rings. The second kappa shape index (κ2) is 3.55. The van der Waals surface area contributed by atoms with Gasteiger partial charge in [0.25, 0.3) is 5.56 Å².